The van der Waals surface area contributed by atoms with Gasteiger partial charge in [0.05, 0.1) is 22.3 Å². The number of carbonyl (C=O) groups is 1. The van der Waals surface area contributed by atoms with Crippen LogP contribution in [0, 0.1) is 23.7 Å². The normalized spacial score (nSPS) is 22.6. The third-order valence-electron chi connectivity index (χ3n) is 4.74. The molecule has 3 rings (SSSR count). The van der Waals surface area contributed by atoms with Crippen LogP contribution >= 0.6 is 11.6 Å². The minimum absolute atomic E-state index is 0.0333. The highest BCUT2D eigenvalue weighted by atomic mass is 35.5. The standard InChI is InChI=1S/C18H21ClN4O2/c1-5-23-16(15(19)9(2)22-23)13-10(8-20)17(21)25-12-7-18(3,4)6-11(24)14(12)13/h13H,5-7,21H2,1-4H3/t13-/m1/s1. The van der Waals surface area contributed by atoms with Crippen molar-refractivity contribution in [1.82, 2.24) is 9.78 Å². The van der Waals surface area contributed by atoms with Crippen LogP contribution in [0.25, 0.3) is 0 Å². The van der Waals surface area contributed by atoms with Crippen LogP contribution in [0.15, 0.2) is 22.8 Å². The Morgan fingerprint density at radius 1 is 1.48 bits per heavy atom. The van der Waals surface area contributed by atoms with E-state index in [1.165, 1.54) is 0 Å². The van der Waals surface area contributed by atoms with Crippen molar-refractivity contribution in [3.8, 4) is 6.07 Å². The average Bonchev–Trinajstić information content (AvgIpc) is 2.79. The van der Waals surface area contributed by atoms with E-state index in [2.05, 4.69) is 11.2 Å². The van der Waals surface area contributed by atoms with Gasteiger partial charge in [-0.25, -0.2) is 0 Å². The number of carbonyl (C=O) groups excluding carboxylic acids is 1. The molecule has 25 heavy (non-hydrogen) atoms. The molecule has 2 aliphatic rings. The highest BCUT2D eigenvalue weighted by Crippen LogP contribution is 2.49. The number of nitrogens with two attached hydrogens (primary N) is 1. The fourth-order valence-electron chi connectivity index (χ4n) is 3.65. The molecule has 1 aromatic rings. The first-order valence-electron chi connectivity index (χ1n) is 8.26. The second-order valence-electron chi connectivity index (χ2n) is 7.30. The summed E-state index contributed by atoms with van der Waals surface area (Å²) in [5.74, 6) is -0.0882. The summed E-state index contributed by atoms with van der Waals surface area (Å²) in [5, 5.41) is 14.5. The van der Waals surface area contributed by atoms with Gasteiger partial charge in [0.25, 0.3) is 0 Å². The number of aromatic nitrogens is 2. The van der Waals surface area contributed by atoms with Gasteiger partial charge in [-0.3, -0.25) is 9.48 Å². The monoisotopic (exact) mass is 360 g/mol. The maximum atomic E-state index is 12.9. The van der Waals surface area contributed by atoms with Crippen molar-refractivity contribution in [1.29, 1.82) is 5.26 Å². The summed E-state index contributed by atoms with van der Waals surface area (Å²) in [7, 11) is 0. The molecular formula is C18H21ClN4O2. The molecule has 132 valence electrons. The number of allylic oxidation sites excluding steroid dienone is 3. The number of rotatable bonds is 2. The van der Waals surface area contributed by atoms with Crippen LogP contribution in [-0.2, 0) is 16.1 Å². The molecule has 1 aliphatic heterocycles. The number of nitriles is 1. The van der Waals surface area contributed by atoms with E-state index >= 15 is 0 Å². The molecule has 0 saturated heterocycles. The van der Waals surface area contributed by atoms with E-state index in [9.17, 15) is 10.1 Å². The first kappa shape index (κ1) is 17.6. The van der Waals surface area contributed by atoms with Gasteiger partial charge in [0.1, 0.15) is 17.4 Å². The van der Waals surface area contributed by atoms with E-state index in [1.807, 2.05) is 20.8 Å². The predicted molar refractivity (Wildman–Crippen MR) is 93.3 cm³/mol. The second kappa shape index (κ2) is 5.92. The zero-order valence-corrected chi connectivity index (χ0v) is 15.6. The first-order valence-corrected chi connectivity index (χ1v) is 8.64. The summed E-state index contributed by atoms with van der Waals surface area (Å²) in [6.45, 7) is 8.34. The molecule has 2 heterocycles. The molecule has 0 spiro atoms. The summed E-state index contributed by atoms with van der Waals surface area (Å²) in [6, 6.07) is 2.11. The highest BCUT2D eigenvalue weighted by Gasteiger charge is 2.44. The zero-order valence-electron chi connectivity index (χ0n) is 14.8. The largest absolute Gasteiger partial charge is 0.444 e. The second-order valence-corrected chi connectivity index (χ2v) is 7.68. The fraction of sp³-hybridized carbons (Fsp3) is 0.500. The number of ether oxygens (including phenoxy) is 1. The van der Waals surface area contributed by atoms with E-state index in [0.29, 0.717) is 47.1 Å². The number of hydrogen-bond acceptors (Lipinski definition) is 5. The van der Waals surface area contributed by atoms with Gasteiger partial charge in [0.15, 0.2) is 5.78 Å². The van der Waals surface area contributed by atoms with Gasteiger partial charge < -0.3 is 10.5 Å². The lowest BCUT2D eigenvalue weighted by Crippen LogP contribution is -2.34. The van der Waals surface area contributed by atoms with Gasteiger partial charge in [-0.15, -0.1) is 0 Å². The highest BCUT2D eigenvalue weighted by molar-refractivity contribution is 6.32. The van der Waals surface area contributed by atoms with Crippen molar-refractivity contribution >= 4 is 17.4 Å². The van der Waals surface area contributed by atoms with Crippen molar-refractivity contribution in [3.05, 3.63) is 39.2 Å². The van der Waals surface area contributed by atoms with Gasteiger partial charge in [-0.05, 0) is 19.3 Å². The number of hydrogen-bond donors (Lipinski definition) is 1. The lowest BCUT2D eigenvalue weighted by atomic mass is 9.71. The minimum atomic E-state index is -0.633. The summed E-state index contributed by atoms with van der Waals surface area (Å²) in [6.07, 6.45) is 0.974. The Labute approximate surface area is 151 Å². The molecule has 0 radical (unpaired) electrons. The smallest absolute Gasteiger partial charge is 0.205 e. The third kappa shape index (κ3) is 2.73. The van der Waals surface area contributed by atoms with E-state index in [-0.39, 0.29) is 22.7 Å². The van der Waals surface area contributed by atoms with E-state index in [0.717, 1.165) is 0 Å². The van der Waals surface area contributed by atoms with E-state index in [4.69, 9.17) is 22.1 Å². The third-order valence-corrected chi connectivity index (χ3v) is 5.21. The number of Topliss-reactive ketones (excluding diaryl/α,β-unsaturated/α-hetero) is 1. The van der Waals surface area contributed by atoms with Crippen LogP contribution in [0.1, 0.15) is 50.9 Å². The molecular weight excluding hydrogens is 340 g/mol. The van der Waals surface area contributed by atoms with E-state index in [1.54, 1.807) is 11.6 Å². The Kier molecular flexibility index (Phi) is 4.16. The molecule has 0 aromatic carbocycles. The Hall–Kier alpha value is -2.26. The summed E-state index contributed by atoms with van der Waals surface area (Å²) >= 11 is 6.50. The zero-order chi connectivity index (χ0) is 18.5. The van der Waals surface area contributed by atoms with Gasteiger partial charge in [0, 0.05) is 25.0 Å². The number of aryl methyl sites for hydroxylation is 2. The molecule has 1 aromatic heterocycles. The summed E-state index contributed by atoms with van der Waals surface area (Å²) in [5.41, 5.74) is 7.80. The summed E-state index contributed by atoms with van der Waals surface area (Å²) < 4.78 is 7.42. The molecule has 0 amide bonds. The first-order chi connectivity index (χ1) is 11.7. The van der Waals surface area contributed by atoms with Crippen LogP contribution in [0.3, 0.4) is 0 Å². The lowest BCUT2D eigenvalue weighted by Gasteiger charge is -2.37. The molecule has 6 nitrogen and oxygen atoms in total. The predicted octanol–water partition coefficient (Wildman–Crippen LogP) is 3.32. The molecule has 7 heteroatoms. The molecule has 2 N–H and O–H groups in total. The Bertz CT molecular complexity index is 870. The maximum Gasteiger partial charge on any atom is 0.205 e. The number of nitrogens with zero attached hydrogens (tertiary/aromatic N) is 3. The molecule has 1 atom stereocenters. The van der Waals surface area contributed by atoms with Crippen molar-refractivity contribution in [2.45, 2.75) is 53.0 Å². The fourth-order valence-corrected chi connectivity index (χ4v) is 3.90. The van der Waals surface area contributed by atoms with Gasteiger partial charge in [-0.1, -0.05) is 25.4 Å². The Morgan fingerprint density at radius 3 is 2.76 bits per heavy atom. The topological polar surface area (TPSA) is 93.9 Å². The molecule has 0 saturated carbocycles. The van der Waals surface area contributed by atoms with Crippen molar-refractivity contribution < 1.29 is 9.53 Å². The van der Waals surface area contributed by atoms with Crippen LogP contribution in [-0.4, -0.2) is 15.6 Å². The molecule has 1 aliphatic carbocycles. The van der Waals surface area contributed by atoms with Gasteiger partial charge >= 0.3 is 0 Å². The molecule has 0 fully saturated rings. The van der Waals surface area contributed by atoms with Crippen molar-refractivity contribution in [2.24, 2.45) is 11.1 Å². The van der Waals surface area contributed by atoms with Crippen molar-refractivity contribution in [2.75, 3.05) is 0 Å². The minimum Gasteiger partial charge on any atom is -0.444 e. The Balaban J connectivity index is 2.28. The Morgan fingerprint density at radius 2 is 2.16 bits per heavy atom. The molecule has 0 unspecified atom stereocenters. The SMILES string of the molecule is CCn1nc(C)c(Cl)c1[C@@H]1C(C#N)=C(N)OC2=C1C(=O)CC(C)(C)C2. The number of ketones is 1. The van der Waals surface area contributed by atoms with Gasteiger partial charge in [-0.2, -0.15) is 10.4 Å². The summed E-state index contributed by atoms with van der Waals surface area (Å²) in [4.78, 5) is 12.9. The molecule has 0 bridgehead atoms. The van der Waals surface area contributed by atoms with Crippen LogP contribution in [0.2, 0.25) is 5.02 Å². The maximum absolute atomic E-state index is 12.9. The van der Waals surface area contributed by atoms with Crippen LogP contribution in [0.4, 0.5) is 0 Å². The van der Waals surface area contributed by atoms with E-state index < -0.39 is 5.92 Å². The number of halogens is 1. The average molecular weight is 361 g/mol. The van der Waals surface area contributed by atoms with Crippen LogP contribution < -0.4 is 5.73 Å². The van der Waals surface area contributed by atoms with Gasteiger partial charge in [0.2, 0.25) is 5.88 Å². The quantitative estimate of drug-likeness (QED) is 0.873. The van der Waals surface area contributed by atoms with Crippen molar-refractivity contribution in [3.63, 3.8) is 0 Å². The lowest BCUT2D eigenvalue weighted by molar-refractivity contribution is -0.119. The van der Waals surface area contributed by atoms with Crippen LogP contribution in [0.5, 0.6) is 0 Å².